The molecule has 0 aromatic rings. The van der Waals surface area contributed by atoms with Crippen molar-refractivity contribution >= 4 is 202 Å². The van der Waals surface area contributed by atoms with Gasteiger partial charge in [-0.3, -0.25) is 14.6 Å². The van der Waals surface area contributed by atoms with Crippen LogP contribution in [0.5, 0.6) is 0 Å². The van der Waals surface area contributed by atoms with Gasteiger partial charge in [-0.2, -0.15) is 0 Å². The molecule has 15 heavy (non-hydrogen) atoms. The van der Waals surface area contributed by atoms with Crippen molar-refractivity contribution in [3.8, 4) is 0 Å². The molecule has 0 radical (unpaired) electrons. The summed E-state index contributed by atoms with van der Waals surface area (Å²) in [5.74, 6) is -0.988. The number of rotatable bonds is 1. The molecule has 0 aliphatic heterocycles. The molecule has 0 aliphatic carbocycles. The predicted molar refractivity (Wildman–Crippen MR) is 61.5 cm³/mol. The molecule has 0 fully saturated rings. The molecule has 80 valence electrons. The molecule has 0 atom stereocenters. The number of phosphoric acid groups is 1. The van der Waals surface area contributed by atoms with Crippen LogP contribution in [0.1, 0.15) is 18.3 Å². The number of hydrogen-bond acceptors (Lipinski definition) is 3. The van der Waals surface area contributed by atoms with E-state index in [1.807, 2.05) is 0 Å². The average molecular weight is 419 g/mol. The second-order valence-electron chi connectivity index (χ2n) is 1.07. The Kier molecular flexibility index (Phi) is 94.6. The SMILES string of the molecule is CC(=O)OP(=O)(O)O.[Ca+2].[Ca+2].[Ca+2].[Ca+2].[Ca+2].[Cl-].[Cl-].[H-].[H-].[H-].[H-].[H-].[H-].[H-].[H-]. The molecule has 0 bridgehead atoms. The number of phosphoric ester groups is 1. The van der Waals surface area contributed by atoms with Crippen LogP contribution in [0.15, 0.2) is 0 Å². The molecule has 0 rings (SSSR count). The molecule has 0 heterocycles. The van der Waals surface area contributed by atoms with Gasteiger partial charge in [0.1, 0.15) is 0 Å². The largest absolute Gasteiger partial charge is 2.00 e. The maximum Gasteiger partial charge on any atom is 2.00 e. The summed E-state index contributed by atoms with van der Waals surface area (Å²) < 4.78 is 13.2. The molecular weight excluding hydrogens is 406 g/mol. The van der Waals surface area contributed by atoms with Gasteiger partial charge in [0.05, 0.1) is 0 Å². The van der Waals surface area contributed by atoms with Crippen molar-refractivity contribution in [3.05, 3.63) is 0 Å². The summed E-state index contributed by atoms with van der Waals surface area (Å²) >= 11 is 0. The first kappa shape index (κ1) is 49.6. The molecule has 2 N–H and O–H groups in total. The predicted octanol–water partition coefficient (Wildman–Crippen LogP) is -7.35. The van der Waals surface area contributed by atoms with E-state index < -0.39 is 13.8 Å². The molecule has 0 amide bonds. The van der Waals surface area contributed by atoms with Gasteiger partial charge in [0.25, 0.3) is 0 Å². The number of carbonyl (C=O) groups excluding carboxylic acids is 1. The van der Waals surface area contributed by atoms with Crippen molar-refractivity contribution in [1.82, 2.24) is 0 Å². The Morgan fingerprint density at radius 2 is 1.27 bits per heavy atom. The minimum atomic E-state index is -4.57. The van der Waals surface area contributed by atoms with Crippen molar-refractivity contribution in [2.24, 2.45) is 0 Å². The van der Waals surface area contributed by atoms with Gasteiger partial charge in [-0.05, 0) is 0 Å². The van der Waals surface area contributed by atoms with Gasteiger partial charge in [0.15, 0.2) is 0 Å². The third-order valence-corrected chi connectivity index (χ3v) is 0.742. The van der Waals surface area contributed by atoms with Crippen molar-refractivity contribution in [2.45, 2.75) is 6.92 Å². The molecule has 0 spiro atoms. The van der Waals surface area contributed by atoms with E-state index in [0.29, 0.717) is 0 Å². The smallest absolute Gasteiger partial charge is 1.00 e. The van der Waals surface area contributed by atoms with Crippen LogP contribution in [-0.2, 0) is 13.9 Å². The zero-order valence-corrected chi connectivity index (χ0v) is 21.8. The van der Waals surface area contributed by atoms with Gasteiger partial charge in [-0.1, -0.05) is 0 Å². The van der Waals surface area contributed by atoms with Crippen LogP contribution in [0, 0.1) is 0 Å². The van der Waals surface area contributed by atoms with Crippen LogP contribution in [0.2, 0.25) is 0 Å². The van der Waals surface area contributed by atoms with Crippen LogP contribution in [0.3, 0.4) is 0 Å². The Morgan fingerprint density at radius 1 is 1.07 bits per heavy atom. The fourth-order valence-electron chi connectivity index (χ4n) is 0.167. The van der Waals surface area contributed by atoms with E-state index in [0.717, 1.165) is 6.92 Å². The zero-order chi connectivity index (χ0) is 6.78. The van der Waals surface area contributed by atoms with Gasteiger partial charge < -0.3 is 40.8 Å². The fraction of sp³-hybridized carbons (Fsp3) is 0.500. The topological polar surface area (TPSA) is 83.8 Å². The zero-order valence-electron chi connectivity index (χ0n) is 16.4. The summed E-state index contributed by atoms with van der Waals surface area (Å²) in [6.07, 6.45) is 0. The van der Waals surface area contributed by atoms with Crippen molar-refractivity contribution < 1.29 is 59.9 Å². The molecule has 5 nitrogen and oxygen atoms in total. The number of halogens is 2. The van der Waals surface area contributed by atoms with E-state index in [9.17, 15) is 9.36 Å². The van der Waals surface area contributed by atoms with E-state index in [1.165, 1.54) is 0 Å². The van der Waals surface area contributed by atoms with Gasteiger partial charge in [-0.25, -0.2) is 4.57 Å². The Hall–Kier alpha value is 6.50. The van der Waals surface area contributed by atoms with Gasteiger partial charge in [0, 0.05) is 6.92 Å². The van der Waals surface area contributed by atoms with Gasteiger partial charge in [-0.15, -0.1) is 0 Å². The molecule has 13 heteroatoms. The number of carbonyl (C=O) groups is 1. The summed E-state index contributed by atoms with van der Waals surface area (Å²) in [4.78, 5) is 25.5. The third-order valence-electron chi connectivity index (χ3n) is 0.247. The summed E-state index contributed by atoms with van der Waals surface area (Å²) in [7, 11) is -4.57. The normalized spacial score (nSPS) is 5.80. The van der Waals surface area contributed by atoms with Crippen LogP contribution in [0.25, 0.3) is 0 Å². The summed E-state index contributed by atoms with van der Waals surface area (Å²) in [5, 5.41) is 0. The van der Waals surface area contributed by atoms with Crippen LogP contribution in [-0.4, -0.2) is 204 Å². The van der Waals surface area contributed by atoms with Crippen molar-refractivity contribution in [1.29, 1.82) is 0 Å². The monoisotopic (exact) mass is 418 g/mol. The summed E-state index contributed by atoms with van der Waals surface area (Å²) in [6, 6.07) is 0. The molecule has 0 aromatic heterocycles. The summed E-state index contributed by atoms with van der Waals surface area (Å²) in [6.45, 7) is 0.916. The van der Waals surface area contributed by atoms with Gasteiger partial charge in [0.2, 0.25) is 0 Å². The Balaban J connectivity index is -0.00000000233. The second-order valence-corrected chi connectivity index (χ2v) is 2.24. The van der Waals surface area contributed by atoms with E-state index in [-0.39, 0.29) is 225 Å². The molecular formula is C2H13Ca5Cl2O5P. The first-order chi connectivity index (χ1) is 3.42. The summed E-state index contributed by atoms with van der Waals surface area (Å²) in [5.41, 5.74) is 0. The van der Waals surface area contributed by atoms with E-state index in [1.54, 1.807) is 0 Å². The van der Waals surface area contributed by atoms with E-state index in [2.05, 4.69) is 4.52 Å². The fourth-order valence-corrected chi connectivity index (χ4v) is 0.502. The van der Waals surface area contributed by atoms with Gasteiger partial charge >= 0.3 is 202 Å². The molecule has 0 saturated heterocycles. The Labute approximate surface area is 262 Å². The third kappa shape index (κ3) is 53.1. The molecule has 0 aliphatic rings. The maximum absolute atomic E-state index is 9.74. The van der Waals surface area contributed by atoms with Crippen molar-refractivity contribution in [2.75, 3.05) is 0 Å². The molecule has 0 unspecified atom stereocenters. The maximum atomic E-state index is 9.74. The quantitative estimate of drug-likeness (QED) is 0.326. The number of hydrogen-bond donors (Lipinski definition) is 2. The van der Waals surface area contributed by atoms with Crippen LogP contribution >= 0.6 is 7.82 Å². The van der Waals surface area contributed by atoms with E-state index in [4.69, 9.17) is 9.79 Å². The molecule has 0 saturated carbocycles. The average Bonchev–Trinajstić information content (AvgIpc) is 1.21. The van der Waals surface area contributed by atoms with Crippen LogP contribution < -0.4 is 24.8 Å². The molecule has 0 aromatic carbocycles. The van der Waals surface area contributed by atoms with Crippen molar-refractivity contribution in [3.63, 3.8) is 0 Å². The first-order valence-electron chi connectivity index (χ1n) is 1.67. The first-order valence-corrected chi connectivity index (χ1v) is 3.20. The minimum Gasteiger partial charge on any atom is -1.00 e. The van der Waals surface area contributed by atoms with E-state index >= 15 is 0 Å². The van der Waals surface area contributed by atoms with Crippen LogP contribution in [0.4, 0.5) is 0 Å². The Bertz CT molecular complexity index is 176. The second kappa shape index (κ2) is 28.6. The standard InChI is InChI=1S/C2H5O5P.5Ca.2ClH.8H/c1-2(3)7-8(4,5)6;;;;;;;;;;;;;;;/h1H3,(H2,4,5,6);;;;;;2*1H;;;;;;;;/q;5*+2;;;8*-1/p-2. The Morgan fingerprint density at radius 3 is 1.27 bits per heavy atom. The minimum absolute atomic E-state index is 0.